The molecule has 120 valence electrons. The highest BCUT2D eigenvalue weighted by atomic mass is 15.1. The number of imidazole rings is 1. The van der Waals surface area contributed by atoms with Gasteiger partial charge in [-0.1, -0.05) is 18.2 Å². The quantitative estimate of drug-likeness (QED) is 0.717. The Morgan fingerprint density at radius 3 is 2.65 bits per heavy atom. The summed E-state index contributed by atoms with van der Waals surface area (Å²) in [6.45, 7) is 8.31. The molecule has 0 N–H and O–H groups in total. The number of hydrogen-bond acceptors (Lipinski definition) is 3. The second-order valence-corrected chi connectivity index (χ2v) is 6.13. The fourth-order valence-electron chi connectivity index (χ4n) is 3.13. The molecule has 0 spiro atoms. The lowest BCUT2D eigenvalue weighted by molar-refractivity contribution is 0.622. The molecule has 3 rings (SSSR count). The van der Waals surface area contributed by atoms with E-state index in [1.54, 1.807) is 0 Å². The number of fused-ring (bicyclic) bond motifs is 1. The van der Waals surface area contributed by atoms with Crippen molar-refractivity contribution in [3.8, 4) is 0 Å². The largest absolute Gasteiger partial charge is 0.374 e. The summed E-state index contributed by atoms with van der Waals surface area (Å²) in [5.41, 5.74) is 4.75. The molecule has 4 nitrogen and oxygen atoms in total. The fraction of sp³-hybridized carbons (Fsp3) is 0.368. The second kappa shape index (κ2) is 6.41. The second-order valence-electron chi connectivity index (χ2n) is 6.13. The van der Waals surface area contributed by atoms with Crippen molar-refractivity contribution in [2.75, 3.05) is 18.5 Å². The van der Waals surface area contributed by atoms with Crippen molar-refractivity contribution < 1.29 is 0 Å². The molecule has 0 saturated heterocycles. The molecular formula is C19H24N4. The topological polar surface area (TPSA) is 34.0 Å². The van der Waals surface area contributed by atoms with Gasteiger partial charge in [0.25, 0.3) is 0 Å². The minimum absolute atomic E-state index is 0.997. The molecule has 23 heavy (non-hydrogen) atoms. The van der Waals surface area contributed by atoms with Gasteiger partial charge in [-0.15, -0.1) is 0 Å². The van der Waals surface area contributed by atoms with Crippen LogP contribution in [0.4, 0.5) is 5.69 Å². The molecule has 0 fully saturated rings. The van der Waals surface area contributed by atoms with Crippen molar-refractivity contribution in [3.05, 3.63) is 53.7 Å². The molecule has 2 aromatic heterocycles. The van der Waals surface area contributed by atoms with Gasteiger partial charge < -0.3 is 9.47 Å². The van der Waals surface area contributed by atoms with Gasteiger partial charge >= 0.3 is 0 Å². The molecule has 0 aliphatic heterocycles. The molecule has 0 unspecified atom stereocenters. The number of rotatable bonds is 5. The van der Waals surface area contributed by atoms with E-state index in [9.17, 15) is 0 Å². The van der Waals surface area contributed by atoms with Gasteiger partial charge in [-0.05, 0) is 38.8 Å². The normalized spacial score (nSPS) is 11.1. The summed E-state index contributed by atoms with van der Waals surface area (Å²) in [5.74, 6) is 1.08. The van der Waals surface area contributed by atoms with E-state index in [4.69, 9.17) is 4.98 Å². The van der Waals surface area contributed by atoms with E-state index in [0.717, 1.165) is 36.5 Å². The summed E-state index contributed by atoms with van der Waals surface area (Å²) in [5, 5.41) is 1.23. The predicted molar refractivity (Wildman–Crippen MR) is 96.1 cm³/mol. The van der Waals surface area contributed by atoms with Gasteiger partial charge in [0.15, 0.2) is 0 Å². The van der Waals surface area contributed by atoms with Crippen LogP contribution in [0.25, 0.3) is 10.9 Å². The average molecular weight is 308 g/mol. The Morgan fingerprint density at radius 1 is 1.13 bits per heavy atom. The maximum Gasteiger partial charge on any atom is 0.105 e. The van der Waals surface area contributed by atoms with Gasteiger partial charge in [0, 0.05) is 43.6 Å². The maximum absolute atomic E-state index is 4.71. The fourth-order valence-corrected chi connectivity index (χ4v) is 3.13. The van der Waals surface area contributed by atoms with Crippen LogP contribution < -0.4 is 4.90 Å². The summed E-state index contributed by atoms with van der Waals surface area (Å²) in [7, 11) is 2.18. The summed E-state index contributed by atoms with van der Waals surface area (Å²) in [4.78, 5) is 11.4. The zero-order valence-electron chi connectivity index (χ0n) is 14.4. The van der Waals surface area contributed by atoms with Crippen LogP contribution in [0.2, 0.25) is 0 Å². The molecule has 0 aliphatic rings. The Balaban J connectivity index is 1.81. The summed E-state index contributed by atoms with van der Waals surface area (Å²) >= 11 is 0. The average Bonchev–Trinajstić information content (AvgIpc) is 2.94. The van der Waals surface area contributed by atoms with Crippen molar-refractivity contribution in [1.29, 1.82) is 0 Å². The van der Waals surface area contributed by atoms with Crippen molar-refractivity contribution in [2.45, 2.75) is 33.7 Å². The first kappa shape index (κ1) is 15.5. The van der Waals surface area contributed by atoms with Crippen LogP contribution in [-0.2, 0) is 6.54 Å². The van der Waals surface area contributed by atoms with Crippen LogP contribution in [0.5, 0.6) is 0 Å². The van der Waals surface area contributed by atoms with E-state index in [2.05, 4.69) is 59.6 Å². The molecular weight excluding hydrogens is 284 g/mol. The monoisotopic (exact) mass is 308 g/mol. The Morgan fingerprint density at radius 2 is 1.91 bits per heavy atom. The summed E-state index contributed by atoms with van der Waals surface area (Å²) in [6.07, 6.45) is 5.00. The van der Waals surface area contributed by atoms with Crippen LogP contribution in [0, 0.1) is 20.8 Å². The number of aryl methyl sites for hydroxylation is 3. The molecule has 2 heterocycles. The number of aromatic nitrogens is 3. The van der Waals surface area contributed by atoms with E-state index in [-0.39, 0.29) is 0 Å². The maximum atomic E-state index is 4.71. The Bertz CT molecular complexity index is 819. The molecule has 0 radical (unpaired) electrons. The zero-order valence-corrected chi connectivity index (χ0v) is 14.4. The zero-order chi connectivity index (χ0) is 16.4. The van der Waals surface area contributed by atoms with Crippen LogP contribution in [0.15, 0.2) is 36.7 Å². The van der Waals surface area contributed by atoms with E-state index in [1.807, 2.05) is 19.3 Å². The van der Waals surface area contributed by atoms with E-state index < -0.39 is 0 Å². The van der Waals surface area contributed by atoms with Gasteiger partial charge in [-0.25, -0.2) is 4.98 Å². The van der Waals surface area contributed by atoms with Crippen molar-refractivity contribution in [1.82, 2.24) is 14.5 Å². The van der Waals surface area contributed by atoms with Crippen molar-refractivity contribution >= 4 is 16.6 Å². The lowest BCUT2D eigenvalue weighted by atomic mass is 10.1. The predicted octanol–water partition coefficient (Wildman–Crippen LogP) is 3.88. The van der Waals surface area contributed by atoms with Gasteiger partial charge in [-0.3, -0.25) is 4.98 Å². The standard InChI is InChI=1S/C19H24N4/c1-14-15(2)21-18-9-6-5-8-17(18)19(14)22(4)11-7-12-23-13-10-20-16(23)3/h5-6,8-10,13H,7,11-12H2,1-4H3. The first-order valence-electron chi connectivity index (χ1n) is 8.12. The number of benzene rings is 1. The highest BCUT2D eigenvalue weighted by Crippen LogP contribution is 2.30. The first-order chi connectivity index (χ1) is 11.1. The molecule has 3 aromatic rings. The third kappa shape index (κ3) is 3.07. The number of pyridine rings is 1. The number of hydrogen-bond donors (Lipinski definition) is 0. The van der Waals surface area contributed by atoms with Crippen LogP contribution in [0.1, 0.15) is 23.5 Å². The Labute approximate surface area is 137 Å². The molecule has 0 saturated carbocycles. The van der Waals surface area contributed by atoms with Crippen LogP contribution in [-0.4, -0.2) is 28.1 Å². The summed E-state index contributed by atoms with van der Waals surface area (Å²) < 4.78 is 2.20. The van der Waals surface area contributed by atoms with E-state index >= 15 is 0 Å². The lowest BCUT2D eigenvalue weighted by Gasteiger charge is -2.24. The van der Waals surface area contributed by atoms with E-state index in [1.165, 1.54) is 16.6 Å². The number of anilines is 1. The van der Waals surface area contributed by atoms with Gasteiger partial charge in [0.2, 0.25) is 0 Å². The minimum Gasteiger partial charge on any atom is -0.374 e. The highest BCUT2D eigenvalue weighted by molar-refractivity contribution is 5.93. The lowest BCUT2D eigenvalue weighted by Crippen LogP contribution is -2.22. The van der Waals surface area contributed by atoms with Crippen LogP contribution >= 0.6 is 0 Å². The Kier molecular flexibility index (Phi) is 4.33. The molecule has 1 aromatic carbocycles. The van der Waals surface area contributed by atoms with E-state index in [0.29, 0.717) is 0 Å². The van der Waals surface area contributed by atoms with Crippen molar-refractivity contribution in [2.24, 2.45) is 0 Å². The highest BCUT2D eigenvalue weighted by Gasteiger charge is 2.12. The molecule has 0 amide bonds. The SMILES string of the molecule is Cc1nc2ccccc2c(N(C)CCCn2ccnc2C)c1C. The van der Waals surface area contributed by atoms with Gasteiger partial charge in [-0.2, -0.15) is 0 Å². The van der Waals surface area contributed by atoms with Crippen LogP contribution in [0.3, 0.4) is 0 Å². The molecule has 0 atom stereocenters. The van der Waals surface area contributed by atoms with Crippen molar-refractivity contribution in [3.63, 3.8) is 0 Å². The minimum atomic E-state index is 0.997. The molecule has 0 bridgehead atoms. The molecule has 4 heteroatoms. The first-order valence-corrected chi connectivity index (χ1v) is 8.12. The van der Waals surface area contributed by atoms with Gasteiger partial charge in [0.05, 0.1) is 11.2 Å². The summed E-state index contributed by atoms with van der Waals surface area (Å²) in [6, 6.07) is 8.40. The number of nitrogens with zero attached hydrogens (tertiary/aromatic N) is 4. The third-order valence-corrected chi connectivity index (χ3v) is 4.54. The molecule has 0 aliphatic carbocycles. The van der Waals surface area contributed by atoms with Gasteiger partial charge in [0.1, 0.15) is 5.82 Å². The smallest absolute Gasteiger partial charge is 0.105 e. The third-order valence-electron chi connectivity index (χ3n) is 4.54. The Hall–Kier alpha value is -2.36. The number of para-hydroxylation sites is 1.